The third-order valence-electron chi connectivity index (χ3n) is 2.96. The van der Waals surface area contributed by atoms with Crippen LogP contribution in [0.4, 0.5) is 4.79 Å². The van der Waals surface area contributed by atoms with Crippen molar-refractivity contribution in [1.82, 2.24) is 4.41 Å². The predicted molar refractivity (Wildman–Crippen MR) is 107 cm³/mol. The van der Waals surface area contributed by atoms with Crippen molar-refractivity contribution >= 4 is 59.1 Å². The molecule has 0 radical (unpaired) electrons. The van der Waals surface area contributed by atoms with Gasteiger partial charge in [0.1, 0.15) is 12.4 Å². The molecule has 0 saturated carbocycles. The molecule has 5 nitrogen and oxygen atoms in total. The van der Waals surface area contributed by atoms with Gasteiger partial charge in [-0.1, -0.05) is 65.1 Å². The lowest BCUT2D eigenvalue weighted by Gasteiger charge is -2.18. The number of nitrogens with zero attached hydrogens (tertiary/aromatic N) is 2. The number of hydrogen-bond donors (Lipinski definition) is 0. The Kier molecular flexibility index (Phi) is 7.90. The van der Waals surface area contributed by atoms with E-state index in [-0.39, 0.29) is 0 Å². The van der Waals surface area contributed by atoms with Crippen molar-refractivity contribution in [3.63, 3.8) is 0 Å². The lowest BCUT2D eigenvalue weighted by atomic mass is 10.2. The molecule has 2 aromatic rings. The molecule has 2 rings (SSSR count). The summed E-state index contributed by atoms with van der Waals surface area (Å²) in [7, 11) is 1.21. The highest BCUT2D eigenvalue weighted by Gasteiger charge is 2.29. The highest BCUT2D eigenvalue weighted by molar-refractivity contribution is 8.03. The van der Waals surface area contributed by atoms with Crippen LogP contribution in [0.15, 0.2) is 59.7 Å². The quantitative estimate of drug-likeness (QED) is 0.256. The highest BCUT2D eigenvalue weighted by Crippen LogP contribution is 2.41. The average Bonchev–Trinajstić information content (AvgIpc) is 2.63. The van der Waals surface area contributed by atoms with E-state index in [2.05, 4.69) is 9.84 Å². The van der Waals surface area contributed by atoms with Gasteiger partial charge in [0.15, 0.2) is 0 Å². The Labute approximate surface area is 170 Å². The van der Waals surface area contributed by atoms with Gasteiger partial charge in [-0.2, -0.15) is 5.10 Å². The van der Waals surface area contributed by atoms with E-state index in [1.165, 1.54) is 13.3 Å². The van der Waals surface area contributed by atoms with Gasteiger partial charge in [-0.05, 0) is 35.4 Å². The minimum Gasteiger partial charge on any atom is -0.489 e. The molecule has 0 heterocycles. The minimum absolute atomic E-state index is 0.476. The summed E-state index contributed by atoms with van der Waals surface area (Å²) in [4.78, 5) is 11.7. The van der Waals surface area contributed by atoms with E-state index in [4.69, 9.17) is 39.5 Å². The molecule has 0 atom stereocenters. The average molecular weight is 434 g/mol. The van der Waals surface area contributed by atoms with Crippen LogP contribution in [0.5, 0.6) is 5.75 Å². The van der Waals surface area contributed by atoms with E-state index in [0.717, 1.165) is 15.5 Å². The Morgan fingerprint density at radius 2 is 1.81 bits per heavy atom. The van der Waals surface area contributed by atoms with Crippen LogP contribution in [0.25, 0.3) is 0 Å². The van der Waals surface area contributed by atoms with E-state index in [1.807, 2.05) is 30.3 Å². The summed E-state index contributed by atoms with van der Waals surface area (Å²) in [6, 6.07) is 17.0. The molecular formula is C17H15Cl3N2O3S. The van der Waals surface area contributed by atoms with Crippen LogP contribution in [0.2, 0.25) is 0 Å². The first-order valence-corrected chi connectivity index (χ1v) is 9.23. The van der Waals surface area contributed by atoms with Crippen molar-refractivity contribution in [3.05, 3.63) is 65.7 Å². The van der Waals surface area contributed by atoms with Gasteiger partial charge in [-0.3, -0.25) is 0 Å². The summed E-state index contributed by atoms with van der Waals surface area (Å²) < 4.78 is 9.41. The molecule has 0 bridgehead atoms. The Bertz CT molecular complexity index is 737. The van der Waals surface area contributed by atoms with Crippen LogP contribution in [0.3, 0.4) is 0 Å². The van der Waals surface area contributed by atoms with E-state index in [9.17, 15) is 4.79 Å². The van der Waals surface area contributed by atoms with E-state index in [0.29, 0.717) is 24.3 Å². The largest absolute Gasteiger partial charge is 0.489 e. The molecule has 0 saturated heterocycles. The summed E-state index contributed by atoms with van der Waals surface area (Å²) in [6.07, 6.45) is 0.682. The molecule has 0 fully saturated rings. The Hall–Kier alpha value is -1.60. The van der Waals surface area contributed by atoms with Gasteiger partial charge >= 0.3 is 6.09 Å². The van der Waals surface area contributed by atoms with Crippen LogP contribution in [0, 0.1) is 0 Å². The van der Waals surface area contributed by atoms with Gasteiger partial charge in [0, 0.05) is 11.9 Å². The van der Waals surface area contributed by atoms with Crippen LogP contribution >= 0.6 is 46.8 Å². The second-order valence-electron chi connectivity index (χ2n) is 4.87. The number of alkyl halides is 3. The number of rotatable bonds is 6. The zero-order valence-electron chi connectivity index (χ0n) is 13.6. The normalized spacial score (nSPS) is 11.4. The lowest BCUT2D eigenvalue weighted by Crippen LogP contribution is -2.22. The van der Waals surface area contributed by atoms with E-state index < -0.39 is 9.22 Å². The maximum atomic E-state index is 11.7. The molecule has 0 N–H and O–H groups in total. The Morgan fingerprint density at radius 1 is 1.15 bits per heavy atom. The molecule has 1 amide bonds. The van der Waals surface area contributed by atoms with Gasteiger partial charge < -0.3 is 9.47 Å². The van der Waals surface area contributed by atoms with Crippen LogP contribution in [0.1, 0.15) is 11.1 Å². The molecule has 0 spiro atoms. The first-order valence-electron chi connectivity index (χ1n) is 7.32. The maximum Gasteiger partial charge on any atom is 0.440 e. The zero-order valence-corrected chi connectivity index (χ0v) is 16.7. The van der Waals surface area contributed by atoms with Gasteiger partial charge in [0.2, 0.25) is 0 Å². The molecule has 2 aromatic carbocycles. The van der Waals surface area contributed by atoms with Gasteiger partial charge in [0.25, 0.3) is 3.12 Å². The minimum atomic E-state index is -1.75. The third kappa shape index (κ3) is 7.33. The summed E-state index contributed by atoms with van der Waals surface area (Å²) in [6.45, 7) is 0.476. The Balaban J connectivity index is 1.97. The fourth-order valence-corrected chi connectivity index (χ4v) is 2.82. The second-order valence-corrected chi connectivity index (χ2v) is 8.96. The molecule has 0 aliphatic rings. The first-order chi connectivity index (χ1) is 12.4. The number of methoxy groups -OCH3 is 1. The van der Waals surface area contributed by atoms with Crippen molar-refractivity contribution in [2.45, 2.75) is 9.73 Å². The van der Waals surface area contributed by atoms with Crippen molar-refractivity contribution < 1.29 is 14.3 Å². The predicted octanol–water partition coefficient (Wildman–Crippen LogP) is 5.64. The molecule has 0 aliphatic heterocycles. The third-order valence-corrected chi connectivity index (χ3v) is 4.21. The number of halogens is 3. The molecule has 138 valence electrons. The highest BCUT2D eigenvalue weighted by atomic mass is 35.6. The first kappa shape index (κ1) is 20.7. The summed E-state index contributed by atoms with van der Waals surface area (Å²) in [5, 5.41) is 3.98. The fraction of sp³-hybridized carbons (Fsp3) is 0.176. The molecule has 0 aromatic heterocycles. The number of hydrogen-bond acceptors (Lipinski definition) is 5. The van der Waals surface area contributed by atoms with Crippen LogP contribution < -0.4 is 4.74 Å². The van der Waals surface area contributed by atoms with Gasteiger partial charge in [-0.25, -0.2) is 4.79 Å². The van der Waals surface area contributed by atoms with E-state index >= 15 is 0 Å². The van der Waals surface area contributed by atoms with Crippen LogP contribution in [-0.2, 0) is 11.3 Å². The van der Waals surface area contributed by atoms with Crippen molar-refractivity contribution in [3.8, 4) is 5.75 Å². The molecular weight excluding hydrogens is 419 g/mol. The van der Waals surface area contributed by atoms with Crippen molar-refractivity contribution in [1.29, 1.82) is 0 Å². The monoisotopic (exact) mass is 432 g/mol. The van der Waals surface area contributed by atoms with E-state index in [1.54, 1.807) is 24.3 Å². The summed E-state index contributed by atoms with van der Waals surface area (Å²) in [5.74, 6) is 0.714. The summed E-state index contributed by atoms with van der Waals surface area (Å²) >= 11 is 17.6. The van der Waals surface area contributed by atoms with Crippen molar-refractivity contribution in [2.75, 3.05) is 7.11 Å². The number of benzene rings is 2. The zero-order chi connectivity index (χ0) is 19.0. The fourth-order valence-electron chi connectivity index (χ4n) is 1.79. The van der Waals surface area contributed by atoms with Crippen LogP contribution in [-0.4, -0.2) is 27.0 Å². The smallest absolute Gasteiger partial charge is 0.440 e. The topological polar surface area (TPSA) is 51.1 Å². The maximum absolute atomic E-state index is 11.7. The summed E-state index contributed by atoms with van der Waals surface area (Å²) in [5.41, 5.74) is 1.81. The molecule has 0 unspecified atom stereocenters. The number of ether oxygens (including phenoxy) is 2. The van der Waals surface area contributed by atoms with Gasteiger partial charge in [-0.15, -0.1) is 4.41 Å². The Morgan fingerprint density at radius 3 is 2.38 bits per heavy atom. The number of hydrazone groups is 1. The number of carbonyl (C=O) groups is 1. The molecule has 26 heavy (non-hydrogen) atoms. The molecule has 0 aliphatic carbocycles. The standard InChI is InChI=1S/C17H15Cl3N2O3S/c1-24-16(23)22(26-17(18,19)20)21-11-13-7-9-15(10-8-13)25-12-14-5-3-2-4-6-14/h2-11H,12H2,1H3. The SMILES string of the molecule is COC(=O)N(N=Cc1ccc(OCc2ccccc2)cc1)SC(Cl)(Cl)Cl. The van der Waals surface area contributed by atoms with Gasteiger partial charge in [0.05, 0.1) is 13.3 Å². The second kappa shape index (κ2) is 9.92. The van der Waals surface area contributed by atoms with Crippen molar-refractivity contribution in [2.24, 2.45) is 5.10 Å². The lowest BCUT2D eigenvalue weighted by molar-refractivity contribution is 0.153. The number of carbonyl (C=O) groups excluding carboxylic acids is 1. The molecule has 9 heteroatoms. The number of amides is 1.